The van der Waals surface area contributed by atoms with E-state index in [4.69, 9.17) is 16.3 Å². The van der Waals surface area contributed by atoms with Gasteiger partial charge >= 0.3 is 0 Å². The van der Waals surface area contributed by atoms with Crippen molar-refractivity contribution in [1.82, 2.24) is 9.62 Å². The number of nitrogens with one attached hydrogen (secondary N) is 1. The minimum Gasteiger partial charge on any atom is -0.491 e. The summed E-state index contributed by atoms with van der Waals surface area (Å²) < 4.78 is 22.5. The van der Waals surface area contributed by atoms with Crippen molar-refractivity contribution in [2.45, 2.75) is 69.6 Å². The Morgan fingerprint density at radius 1 is 1.17 bits per heavy atom. The molecule has 2 bridgehead atoms. The van der Waals surface area contributed by atoms with Gasteiger partial charge in [0.05, 0.1) is 24.1 Å². The molecule has 2 aromatic carbocycles. The number of nitrogens with zero attached hydrogens (tertiary/aromatic N) is 2. The van der Waals surface area contributed by atoms with E-state index in [-0.39, 0.29) is 34.8 Å². The minimum atomic E-state index is -1.59. The summed E-state index contributed by atoms with van der Waals surface area (Å²) in [5.41, 5.74) is 2.46. The molecule has 248 valence electrons. The van der Waals surface area contributed by atoms with E-state index in [1.54, 1.807) is 6.07 Å². The highest BCUT2D eigenvalue weighted by Gasteiger charge is 2.45. The summed E-state index contributed by atoms with van der Waals surface area (Å²) in [6.07, 6.45) is 8.25. The number of rotatable bonds is 4. The molecule has 1 saturated carbocycles. The van der Waals surface area contributed by atoms with Crippen LogP contribution in [0.5, 0.6) is 5.75 Å². The van der Waals surface area contributed by atoms with E-state index in [0.717, 1.165) is 36.4 Å². The zero-order chi connectivity index (χ0) is 33.0. The number of fused-ring (bicyclic) bond motifs is 2. The monoisotopic (exact) mass is 665 g/mol. The van der Waals surface area contributed by atoms with Gasteiger partial charge in [0.15, 0.2) is 0 Å². The molecule has 1 fully saturated rings. The molecule has 5 rings (SSSR count). The van der Waals surface area contributed by atoms with E-state index in [9.17, 15) is 14.1 Å². The number of benzene rings is 2. The van der Waals surface area contributed by atoms with Crippen molar-refractivity contribution < 1.29 is 18.8 Å². The van der Waals surface area contributed by atoms with Gasteiger partial charge in [0, 0.05) is 35.5 Å². The Balaban J connectivity index is 1.57. The molecule has 0 aromatic heterocycles. The molecule has 0 saturated heterocycles. The lowest BCUT2D eigenvalue weighted by Gasteiger charge is -2.46. The normalized spacial score (nSPS) is 30.5. The molecule has 2 heterocycles. The maximum Gasteiger partial charge on any atom is 0.263 e. The number of amides is 1. The number of hydrogen-bond acceptors (Lipinski definition) is 6. The molecule has 7 atom stereocenters. The van der Waals surface area contributed by atoms with Crippen molar-refractivity contribution in [3.63, 3.8) is 0 Å². The fourth-order valence-electron chi connectivity index (χ4n) is 6.81. The Bertz CT molecular complexity index is 1530. The standard InChI is InChI=1S/C37H48ClN3O4S/c1-6-9-27-20-31(38)13-14-32(27)30-23-41-22-29-11-15-33(29)37(43,18-8-19-40(4)5)17-7-10-25(2)26(3)46(44)39-36(42)28-12-16-35(45-24-30)34(41)21-28/h7,12-14,16-17,20-21,25-26,29-30,33,43H,6,9-11,15,19,22-24H2,1-5H3,(H,39,42)/b17-7+. The van der Waals surface area contributed by atoms with Gasteiger partial charge in [-0.3, -0.25) is 14.4 Å². The molecule has 1 amide bonds. The summed E-state index contributed by atoms with van der Waals surface area (Å²) in [6.45, 7) is 8.49. The second kappa shape index (κ2) is 14.9. The molecule has 2 N–H and O–H groups in total. The van der Waals surface area contributed by atoms with Gasteiger partial charge in [-0.05, 0) is 106 Å². The van der Waals surface area contributed by atoms with Crippen LogP contribution in [0.25, 0.3) is 0 Å². The number of anilines is 1. The zero-order valence-electron chi connectivity index (χ0n) is 27.7. The number of aryl methyl sites for hydroxylation is 1. The maximum absolute atomic E-state index is 13.4. The molecule has 9 heteroatoms. The Kier molecular flexibility index (Phi) is 11.2. The second-order valence-electron chi connectivity index (χ2n) is 13.5. The van der Waals surface area contributed by atoms with Gasteiger partial charge in [0.2, 0.25) is 0 Å². The molecule has 7 nitrogen and oxygen atoms in total. The lowest BCUT2D eigenvalue weighted by Crippen LogP contribution is -2.49. The van der Waals surface area contributed by atoms with Crippen LogP contribution in [0.1, 0.15) is 73.9 Å². The van der Waals surface area contributed by atoms with Crippen LogP contribution in [0.4, 0.5) is 5.69 Å². The minimum absolute atomic E-state index is 0.0137. The van der Waals surface area contributed by atoms with E-state index in [2.05, 4.69) is 40.5 Å². The number of ether oxygens (including phenoxy) is 1. The first kappa shape index (κ1) is 34.5. The highest BCUT2D eigenvalue weighted by atomic mass is 35.5. The first-order valence-electron chi connectivity index (χ1n) is 16.6. The van der Waals surface area contributed by atoms with Crippen LogP contribution in [0.2, 0.25) is 5.02 Å². The molecule has 0 radical (unpaired) electrons. The van der Waals surface area contributed by atoms with Crippen molar-refractivity contribution in [2.24, 2.45) is 17.8 Å². The van der Waals surface area contributed by atoms with Crippen LogP contribution < -0.4 is 14.4 Å². The zero-order valence-corrected chi connectivity index (χ0v) is 29.3. The lowest BCUT2D eigenvalue weighted by atomic mass is 9.64. The summed E-state index contributed by atoms with van der Waals surface area (Å²) >= 11 is 6.43. The second-order valence-corrected chi connectivity index (χ2v) is 15.5. The first-order valence-corrected chi connectivity index (χ1v) is 18.1. The van der Waals surface area contributed by atoms with Gasteiger partial charge in [0.1, 0.15) is 22.3 Å². The van der Waals surface area contributed by atoms with E-state index >= 15 is 0 Å². The number of carbonyl (C=O) groups excluding carboxylic acids is 1. The number of hydrogen-bond donors (Lipinski definition) is 2. The largest absolute Gasteiger partial charge is 0.491 e. The van der Waals surface area contributed by atoms with Gasteiger partial charge in [-0.25, -0.2) is 4.21 Å². The third-order valence-electron chi connectivity index (χ3n) is 9.84. The number of carbonyl (C=O) groups is 1. The van der Waals surface area contributed by atoms with Crippen LogP contribution in [0, 0.1) is 29.6 Å². The number of allylic oxidation sites excluding steroid dienone is 1. The van der Waals surface area contributed by atoms with E-state index in [1.807, 2.05) is 63.2 Å². The van der Waals surface area contributed by atoms with Gasteiger partial charge in [0.25, 0.3) is 5.91 Å². The fourth-order valence-corrected chi connectivity index (χ4v) is 8.02. The smallest absolute Gasteiger partial charge is 0.263 e. The van der Waals surface area contributed by atoms with Crippen LogP contribution in [0.3, 0.4) is 0 Å². The highest BCUT2D eigenvalue weighted by molar-refractivity contribution is 7.84. The van der Waals surface area contributed by atoms with Crippen molar-refractivity contribution >= 4 is 34.2 Å². The van der Waals surface area contributed by atoms with Crippen LogP contribution in [-0.2, 0) is 17.4 Å². The average Bonchev–Trinajstić information content (AvgIpc) is 3.17. The number of aliphatic hydroxyl groups is 1. The van der Waals surface area contributed by atoms with Crippen LogP contribution in [0.15, 0.2) is 48.6 Å². The molecular weight excluding hydrogens is 618 g/mol. The van der Waals surface area contributed by atoms with E-state index < -0.39 is 16.6 Å². The summed E-state index contributed by atoms with van der Waals surface area (Å²) in [7, 11) is 2.35. The van der Waals surface area contributed by atoms with Crippen molar-refractivity contribution in [3.8, 4) is 17.6 Å². The molecule has 1 aliphatic carbocycles. The van der Waals surface area contributed by atoms with Gasteiger partial charge < -0.3 is 14.7 Å². The average molecular weight is 666 g/mol. The Morgan fingerprint density at radius 3 is 2.70 bits per heavy atom. The fraction of sp³-hybridized carbons (Fsp3) is 0.541. The van der Waals surface area contributed by atoms with Crippen LogP contribution in [-0.4, -0.2) is 71.3 Å². The van der Waals surface area contributed by atoms with Gasteiger partial charge in [-0.1, -0.05) is 55.9 Å². The van der Waals surface area contributed by atoms with Crippen LogP contribution >= 0.6 is 11.6 Å². The molecule has 0 spiro atoms. The Morgan fingerprint density at radius 2 is 1.98 bits per heavy atom. The molecule has 7 unspecified atom stereocenters. The summed E-state index contributed by atoms with van der Waals surface area (Å²) in [6, 6.07) is 11.6. The summed E-state index contributed by atoms with van der Waals surface area (Å²) in [5.74, 6) is 7.03. The molecule has 2 aromatic rings. The number of halogens is 1. The van der Waals surface area contributed by atoms with Crippen molar-refractivity contribution in [2.75, 3.05) is 45.2 Å². The summed E-state index contributed by atoms with van der Waals surface area (Å²) in [4.78, 5) is 17.7. The third-order valence-corrected chi connectivity index (χ3v) is 11.6. The highest BCUT2D eigenvalue weighted by Crippen LogP contribution is 2.45. The lowest BCUT2D eigenvalue weighted by molar-refractivity contribution is -0.00299. The first-order chi connectivity index (χ1) is 22.0. The Hall–Kier alpha value is -2.83. The third kappa shape index (κ3) is 7.82. The Labute approximate surface area is 282 Å². The predicted molar refractivity (Wildman–Crippen MR) is 188 cm³/mol. The van der Waals surface area contributed by atoms with Gasteiger partial charge in [-0.2, -0.15) is 0 Å². The molecule has 2 aliphatic heterocycles. The van der Waals surface area contributed by atoms with Crippen molar-refractivity contribution in [3.05, 3.63) is 70.3 Å². The summed E-state index contributed by atoms with van der Waals surface area (Å²) in [5, 5.41) is 12.6. The molecular formula is C37H48ClN3O4S. The van der Waals surface area contributed by atoms with E-state index in [0.29, 0.717) is 44.0 Å². The SMILES string of the molecule is CCCc1cc(Cl)ccc1C1COc2ccc3cc2N(C1)CC1CCC1C(O)(C#CCN(C)C)/C=C/CC(C)C(C)S(=O)NC3=O. The van der Waals surface area contributed by atoms with Crippen molar-refractivity contribution in [1.29, 1.82) is 0 Å². The molecule has 3 aliphatic rings. The predicted octanol–water partition coefficient (Wildman–Crippen LogP) is 5.98. The maximum atomic E-state index is 13.4. The van der Waals surface area contributed by atoms with Gasteiger partial charge in [-0.15, -0.1) is 0 Å². The molecule has 46 heavy (non-hydrogen) atoms. The van der Waals surface area contributed by atoms with E-state index in [1.165, 1.54) is 11.1 Å². The topological polar surface area (TPSA) is 82.1 Å². The quantitative estimate of drug-likeness (QED) is 0.309.